The second-order valence-electron chi connectivity index (χ2n) is 4.63. The molecule has 0 heterocycles. The van der Waals surface area contributed by atoms with Gasteiger partial charge in [-0.25, -0.2) is 0 Å². The first kappa shape index (κ1) is 12.0. The summed E-state index contributed by atoms with van der Waals surface area (Å²) < 4.78 is 0. The molecule has 82 valence electrons. The molecule has 0 saturated carbocycles. The third-order valence-corrected chi connectivity index (χ3v) is 2.49. The Labute approximate surface area is 92.5 Å². The lowest BCUT2D eigenvalue weighted by atomic mass is 10.0. The number of Topliss-reactive ketones (excluding diaryl/α,β-unsaturated/α-hetero) is 1. The summed E-state index contributed by atoms with van der Waals surface area (Å²) in [6.45, 7) is 6.11. The van der Waals surface area contributed by atoms with E-state index in [1.807, 2.05) is 0 Å². The second-order valence-corrected chi connectivity index (χ2v) is 4.63. The van der Waals surface area contributed by atoms with E-state index in [0.717, 1.165) is 17.9 Å². The molecule has 0 aliphatic carbocycles. The van der Waals surface area contributed by atoms with E-state index in [9.17, 15) is 4.79 Å². The molecule has 1 heteroatoms. The number of carbonyl (C=O) groups excluding carboxylic acids is 1. The van der Waals surface area contributed by atoms with Gasteiger partial charge in [-0.2, -0.15) is 0 Å². The molecule has 0 radical (unpaired) electrons. The molecule has 15 heavy (non-hydrogen) atoms. The van der Waals surface area contributed by atoms with Crippen molar-refractivity contribution >= 4 is 5.78 Å². The summed E-state index contributed by atoms with van der Waals surface area (Å²) in [4.78, 5) is 10.9. The van der Waals surface area contributed by atoms with Gasteiger partial charge in [0.2, 0.25) is 0 Å². The summed E-state index contributed by atoms with van der Waals surface area (Å²) in [5.74, 6) is 0.979. The van der Waals surface area contributed by atoms with Crippen LogP contribution in [0.3, 0.4) is 0 Å². The zero-order chi connectivity index (χ0) is 11.3. The van der Waals surface area contributed by atoms with Crippen LogP contribution in [0.2, 0.25) is 0 Å². The van der Waals surface area contributed by atoms with Crippen LogP contribution in [0.5, 0.6) is 0 Å². The van der Waals surface area contributed by atoms with Crippen molar-refractivity contribution in [3.8, 4) is 0 Å². The van der Waals surface area contributed by atoms with Crippen molar-refractivity contribution in [1.82, 2.24) is 0 Å². The van der Waals surface area contributed by atoms with E-state index in [-0.39, 0.29) is 5.78 Å². The molecule has 1 nitrogen and oxygen atoms in total. The molecule has 0 aliphatic rings. The fraction of sp³-hybridized carbons (Fsp3) is 0.500. The van der Waals surface area contributed by atoms with Gasteiger partial charge in [-0.3, -0.25) is 4.79 Å². The quantitative estimate of drug-likeness (QED) is 0.718. The van der Waals surface area contributed by atoms with Crippen LogP contribution in [0, 0.1) is 5.92 Å². The third kappa shape index (κ3) is 4.78. The average Bonchev–Trinajstić information content (AvgIpc) is 2.16. The van der Waals surface area contributed by atoms with Gasteiger partial charge in [0, 0.05) is 6.42 Å². The van der Waals surface area contributed by atoms with Crippen LogP contribution in [0.15, 0.2) is 24.3 Å². The summed E-state index contributed by atoms with van der Waals surface area (Å²) >= 11 is 0. The number of ketones is 1. The molecule has 1 aromatic rings. The van der Waals surface area contributed by atoms with Crippen molar-refractivity contribution in [2.75, 3.05) is 0 Å². The van der Waals surface area contributed by atoms with Crippen molar-refractivity contribution in [2.24, 2.45) is 5.92 Å². The van der Waals surface area contributed by atoms with Crippen LogP contribution in [0.4, 0.5) is 0 Å². The Kier molecular flexibility index (Phi) is 4.54. The highest BCUT2D eigenvalue weighted by Gasteiger charge is 1.99. The van der Waals surface area contributed by atoms with Gasteiger partial charge < -0.3 is 0 Å². The normalized spacial score (nSPS) is 10.7. The van der Waals surface area contributed by atoms with Gasteiger partial charge >= 0.3 is 0 Å². The molecule has 0 atom stereocenters. The Bertz CT molecular complexity index is 309. The zero-order valence-corrected chi connectivity index (χ0v) is 9.92. The van der Waals surface area contributed by atoms with Crippen LogP contribution in [-0.2, 0) is 17.6 Å². The highest BCUT2D eigenvalue weighted by Crippen LogP contribution is 2.10. The van der Waals surface area contributed by atoms with Gasteiger partial charge in [-0.05, 0) is 36.8 Å². The van der Waals surface area contributed by atoms with Crippen LogP contribution in [0.25, 0.3) is 0 Å². The van der Waals surface area contributed by atoms with Crippen LogP contribution < -0.4 is 0 Å². The van der Waals surface area contributed by atoms with Gasteiger partial charge in [0.1, 0.15) is 5.78 Å². The molecule has 1 rings (SSSR count). The molecule has 1 aromatic carbocycles. The van der Waals surface area contributed by atoms with Crippen LogP contribution in [0.1, 0.15) is 38.3 Å². The molecule has 0 unspecified atom stereocenters. The highest BCUT2D eigenvalue weighted by molar-refractivity contribution is 5.78. The minimum atomic E-state index is 0.227. The van der Waals surface area contributed by atoms with Crippen molar-refractivity contribution in [3.63, 3.8) is 0 Å². The number of rotatable bonds is 5. The molecule has 0 bridgehead atoms. The van der Waals surface area contributed by atoms with E-state index in [2.05, 4.69) is 38.1 Å². The van der Waals surface area contributed by atoms with Crippen molar-refractivity contribution < 1.29 is 4.79 Å². The predicted octanol–water partition coefficient (Wildman–Crippen LogP) is 3.41. The van der Waals surface area contributed by atoms with E-state index in [0.29, 0.717) is 6.42 Å². The van der Waals surface area contributed by atoms with Gasteiger partial charge in [-0.15, -0.1) is 0 Å². The number of hydrogen-bond acceptors (Lipinski definition) is 1. The third-order valence-electron chi connectivity index (χ3n) is 2.49. The van der Waals surface area contributed by atoms with Crippen LogP contribution >= 0.6 is 0 Å². The number of aryl methyl sites for hydroxylation is 1. The molecular weight excluding hydrogens is 184 g/mol. The standard InChI is InChI=1S/C14H20O/c1-11(2)4-5-13-6-8-14(9-7-13)10-12(3)15/h6-9,11H,4-5,10H2,1-3H3. The number of carbonyl (C=O) groups is 1. The summed E-state index contributed by atoms with van der Waals surface area (Å²) in [6.07, 6.45) is 2.93. The summed E-state index contributed by atoms with van der Waals surface area (Å²) in [7, 11) is 0. The van der Waals surface area contributed by atoms with E-state index in [4.69, 9.17) is 0 Å². The summed E-state index contributed by atoms with van der Waals surface area (Å²) in [5, 5.41) is 0. The van der Waals surface area contributed by atoms with E-state index >= 15 is 0 Å². The predicted molar refractivity (Wildman–Crippen MR) is 64.0 cm³/mol. The van der Waals surface area contributed by atoms with Gasteiger partial charge in [0.25, 0.3) is 0 Å². The Hall–Kier alpha value is -1.11. The fourth-order valence-corrected chi connectivity index (χ4v) is 1.57. The highest BCUT2D eigenvalue weighted by atomic mass is 16.1. The van der Waals surface area contributed by atoms with Crippen molar-refractivity contribution in [1.29, 1.82) is 0 Å². The smallest absolute Gasteiger partial charge is 0.134 e. The lowest BCUT2D eigenvalue weighted by molar-refractivity contribution is -0.116. The lowest BCUT2D eigenvalue weighted by Crippen LogP contribution is -1.97. The topological polar surface area (TPSA) is 17.1 Å². The number of hydrogen-bond donors (Lipinski definition) is 0. The van der Waals surface area contributed by atoms with Gasteiger partial charge in [0.05, 0.1) is 0 Å². The monoisotopic (exact) mass is 204 g/mol. The van der Waals surface area contributed by atoms with Gasteiger partial charge in [-0.1, -0.05) is 38.1 Å². The van der Waals surface area contributed by atoms with Gasteiger partial charge in [0.15, 0.2) is 0 Å². The Balaban J connectivity index is 2.52. The maximum atomic E-state index is 10.9. The average molecular weight is 204 g/mol. The first-order valence-electron chi connectivity index (χ1n) is 5.65. The zero-order valence-electron chi connectivity index (χ0n) is 9.92. The molecule has 0 spiro atoms. The van der Waals surface area contributed by atoms with E-state index in [1.165, 1.54) is 12.0 Å². The first-order valence-corrected chi connectivity index (χ1v) is 5.65. The molecule has 0 N–H and O–H groups in total. The van der Waals surface area contributed by atoms with Crippen LogP contribution in [-0.4, -0.2) is 5.78 Å². The Morgan fingerprint density at radius 3 is 2.13 bits per heavy atom. The number of benzene rings is 1. The maximum absolute atomic E-state index is 10.9. The Morgan fingerprint density at radius 1 is 1.13 bits per heavy atom. The van der Waals surface area contributed by atoms with E-state index in [1.54, 1.807) is 6.92 Å². The maximum Gasteiger partial charge on any atom is 0.134 e. The SMILES string of the molecule is CC(=O)Cc1ccc(CCC(C)C)cc1. The fourth-order valence-electron chi connectivity index (χ4n) is 1.57. The molecular formula is C14H20O. The molecule has 0 aliphatic heterocycles. The summed E-state index contributed by atoms with van der Waals surface area (Å²) in [5.41, 5.74) is 2.49. The molecule has 0 aromatic heterocycles. The first-order chi connectivity index (χ1) is 7.08. The molecule has 0 saturated heterocycles. The lowest BCUT2D eigenvalue weighted by Gasteiger charge is -2.05. The second kappa shape index (κ2) is 5.69. The summed E-state index contributed by atoms with van der Waals surface area (Å²) in [6, 6.07) is 8.41. The van der Waals surface area contributed by atoms with Crippen molar-refractivity contribution in [2.45, 2.75) is 40.0 Å². The van der Waals surface area contributed by atoms with E-state index < -0.39 is 0 Å². The minimum Gasteiger partial charge on any atom is -0.300 e. The molecule has 0 amide bonds. The Morgan fingerprint density at radius 2 is 1.67 bits per heavy atom. The van der Waals surface area contributed by atoms with Crippen molar-refractivity contribution in [3.05, 3.63) is 35.4 Å². The molecule has 0 fully saturated rings. The minimum absolute atomic E-state index is 0.227. The largest absolute Gasteiger partial charge is 0.300 e.